The van der Waals surface area contributed by atoms with Crippen LogP contribution in [0.5, 0.6) is 5.75 Å². The number of aromatic hydroxyl groups is 1. The van der Waals surface area contributed by atoms with Crippen molar-refractivity contribution in [1.29, 1.82) is 0 Å². The van der Waals surface area contributed by atoms with Crippen molar-refractivity contribution in [3.63, 3.8) is 0 Å². The molecule has 0 saturated carbocycles. The summed E-state index contributed by atoms with van der Waals surface area (Å²) in [6.45, 7) is 2.50. The van der Waals surface area contributed by atoms with Crippen molar-refractivity contribution >= 4 is 11.6 Å². The third-order valence-corrected chi connectivity index (χ3v) is 8.64. The quantitative estimate of drug-likeness (QED) is 0.496. The van der Waals surface area contributed by atoms with E-state index in [4.69, 9.17) is 4.74 Å². The van der Waals surface area contributed by atoms with Crippen molar-refractivity contribution in [2.24, 2.45) is 0 Å². The van der Waals surface area contributed by atoms with E-state index in [1.807, 2.05) is 29.2 Å². The highest BCUT2D eigenvalue weighted by Crippen LogP contribution is 2.49. The Morgan fingerprint density at radius 2 is 1.82 bits per heavy atom. The van der Waals surface area contributed by atoms with Crippen LogP contribution in [0.1, 0.15) is 59.0 Å². The second kappa shape index (κ2) is 8.76. The molecule has 208 valence electrons. The molecule has 8 nitrogen and oxygen atoms in total. The van der Waals surface area contributed by atoms with Gasteiger partial charge in [0.1, 0.15) is 17.9 Å². The molecule has 1 N–H and O–H groups in total. The molecule has 7 rings (SSSR count). The van der Waals surface area contributed by atoms with Gasteiger partial charge in [-0.1, -0.05) is 24.3 Å². The van der Waals surface area contributed by atoms with Crippen molar-refractivity contribution < 1.29 is 27.8 Å². The summed E-state index contributed by atoms with van der Waals surface area (Å²) in [5.41, 5.74) is -0.559. The molecule has 5 heterocycles. The molecule has 1 amide bonds. The first-order chi connectivity index (χ1) is 19.2. The Hall–Kier alpha value is -3.99. The summed E-state index contributed by atoms with van der Waals surface area (Å²) >= 11 is 0. The predicted octanol–water partition coefficient (Wildman–Crippen LogP) is 3.75. The van der Waals surface area contributed by atoms with E-state index in [0.29, 0.717) is 18.7 Å². The maximum absolute atomic E-state index is 15.8. The highest BCUT2D eigenvalue weighted by molar-refractivity contribution is 5.96. The molecule has 1 aromatic heterocycles. The van der Waals surface area contributed by atoms with Crippen molar-refractivity contribution in [2.45, 2.75) is 43.7 Å². The van der Waals surface area contributed by atoms with Gasteiger partial charge < -0.3 is 19.6 Å². The number of aromatic nitrogens is 1. The molecule has 0 aliphatic carbocycles. The van der Waals surface area contributed by atoms with Crippen LogP contribution in [0, 0.1) is 11.6 Å². The number of carbonyl (C=O) groups is 1. The number of hydrogen-bond donors (Lipinski definition) is 1. The third kappa shape index (κ3) is 3.49. The maximum atomic E-state index is 15.8. The van der Waals surface area contributed by atoms with E-state index in [1.165, 1.54) is 28.8 Å². The number of pyridine rings is 1. The van der Waals surface area contributed by atoms with Crippen molar-refractivity contribution in [3.05, 3.63) is 92.9 Å². The molecule has 4 aliphatic rings. The summed E-state index contributed by atoms with van der Waals surface area (Å²) in [6.07, 6.45) is 0.529. The fraction of sp³-hybridized carbons (Fsp3) is 0.379. The van der Waals surface area contributed by atoms with Crippen LogP contribution in [0.2, 0.25) is 0 Å². The molecule has 2 saturated heterocycles. The molecule has 40 heavy (non-hydrogen) atoms. The second-order valence-corrected chi connectivity index (χ2v) is 11.1. The number of halogens is 3. The number of para-hydroxylation sites is 1. The van der Waals surface area contributed by atoms with Crippen LogP contribution in [0.25, 0.3) is 0 Å². The van der Waals surface area contributed by atoms with Gasteiger partial charge >= 0.3 is 0 Å². The zero-order chi connectivity index (χ0) is 27.9. The maximum Gasteiger partial charge on any atom is 0.278 e. The van der Waals surface area contributed by atoms with Crippen LogP contribution in [0.4, 0.5) is 18.9 Å². The van der Waals surface area contributed by atoms with Crippen LogP contribution in [-0.2, 0) is 4.74 Å². The smallest absolute Gasteiger partial charge is 0.278 e. The summed E-state index contributed by atoms with van der Waals surface area (Å²) in [4.78, 5) is 29.6. The lowest BCUT2D eigenvalue weighted by atomic mass is 9.88. The van der Waals surface area contributed by atoms with Gasteiger partial charge in [0.05, 0.1) is 19.3 Å². The van der Waals surface area contributed by atoms with Gasteiger partial charge in [-0.3, -0.25) is 19.3 Å². The average molecular weight is 553 g/mol. The predicted molar refractivity (Wildman–Crippen MR) is 140 cm³/mol. The minimum Gasteiger partial charge on any atom is -0.502 e. The van der Waals surface area contributed by atoms with Gasteiger partial charge in [-0.2, -0.15) is 0 Å². The first-order valence-electron chi connectivity index (χ1n) is 13.3. The molecule has 0 spiro atoms. The summed E-state index contributed by atoms with van der Waals surface area (Å²) < 4.78 is 53.4. The van der Waals surface area contributed by atoms with E-state index in [-0.39, 0.29) is 37.3 Å². The summed E-state index contributed by atoms with van der Waals surface area (Å²) in [6, 6.07) is 9.72. The topological polar surface area (TPSA) is 78.2 Å². The summed E-state index contributed by atoms with van der Waals surface area (Å²) in [5.74, 6) is -3.31. The summed E-state index contributed by atoms with van der Waals surface area (Å²) in [7, 11) is 0. The van der Waals surface area contributed by atoms with E-state index in [0.717, 1.165) is 23.4 Å². The number of ether oxygens (including phenoxy) is 1. The highest BCUT2D eigenvalue weighted by Gasteiger charge is 2.51. The van der Waals surface area contributed by atoms with Gasteiger partial charge in [0, 0.05) is 48.6 Å². The molecule has 4 aliphatic heterocycles. The van der Waals surface area contributed by atoms with E-state index in [1.54, 1.807) is 5.01 Å². The zero-order valence-electron chi connectivity index (χ0n) is 21.7. The molecule has 0 bridgehead atoms. The number of amides is 1. The minimum atomic E-state index is -1.62. The highest BCUT2D eigenvalue weighted by atomic mass is 19.2. The fourth-order valence-corrected chi connectivity index (χ4v) is 6.78. The van der Waals surface area contributed by atoms with Gasteiger partial charge in [0.25, 0.3) is 5.91 Å². The van der Waals surface area contributed by atoms with Crippen molar-refractivity contribution in [2.75, 3.05) is 36.2 Å². The molecule has 4 atom stereocenters. The third-order valence-electron chi connectivity index (χ3n) is 8.64. The van der Waals surface area contributed by atoms with Crippen LogP contribution in [0.3, 0.4) is 0 Å². The van der Waals surface area contributed by atoms with E-state index in [9.17, 15) is 19.1 Å². The number of fused-ring (bicyclic) bond motifs is 7. The first-order valence-corrected chi connectivity index (χ1v) is 13.3. The summed E-state index contributed by atoms with van der Waals surface area (Å²) in [5, 5.41) is 12.5. The van der Waals surface area contributed by atoms with Gasteiger partial charge in [0.15, 0.2) is 23.1 Å². The number of anilines is 1. The Morgan fingerprint density at radius 1 is 1.02 bits per heavy atom. The lowest BCUT2D eigenvalue weighted by Crippen LogP contribution is -2.66. The number of nitrogens with zero attached hydrogens (tertiary/aromatic N) is 4. The van der Waals surface area contributed by atoms with Crippen molar-refractivity contribution in [3.8, 4) is 5.75 Å². The number of morpholine rings is 1. The Balaban J connectivity index is 1.57. The Kier molecular flexibility index (Phi) is 5.47. The van der Waals surface area contributed by atoms with Gasteiger partial charge in [-0.05, 0) is 31.0 Å². The van der Waals surface area contributed by atoms with Crippen LogP contribution < -0.4 is 15.3 Å². The lowest BCUT2D eigenvalue weighted by Gasteiger charge is -2.53. The van der Waals surface area contributed by atoms with Crippen LogP contribution >= 0.6 is 0 Å². The lowest BCUT2D eigenvalue weighted by molar-refractivity contribution is 0.00691. The van der Waals surface area contributed by atoms with E-state index >= 15 is 8.78 Å². The molecular formula is C29H27F3N4O4. The van der Waals surface area contributed by atoms with E-state index < -0.39 is 52.6 Å². The zero-order valence-corrected chi connectivity index (χ0v) is 21.7. The first kappa shape index (κ1) is 25.0. The normalized spacial score (nSPS) is 27.2. The van der Waals surface area contributed by atoms with Crippen LogP contribution in [-0.4, -0.2) is 58.7 Å². The fourth-order valence-electron chi connectivity index (χ4n) is 6.78. The van der Waals surface area contributed by atoms with Gasteiger partial charge in [0.2, 0.25) is 5.43 Å². The van der Waals surface area contributed by atoms with Crippen LogP contribution in [0.15, 0.2) is 53.5 Å². The average Bonchev–Trinajstić information content (AvgIpc) is 3.05. The molecule has 11 heteroatoms. The number of rotatable bonds is 1. The second-order valence-electron chi connectivity index (χ2n) is 11.1. The molecule has 0 radical (unpaired) electrons. The minimum absolute atomic E-state index is 0.0527. The Morgan fingerprint density at radius 3 is 2.65 bits per heavy atom. The molecule has 3 aromatic rings. The largest absolute Gasteiger partial charge is 0.502 e. The number of hydrogen-bond acceptors (Lipinski definition) is 6. The number of alkyl halides is 1. The van der Waals surface area contributed by atoms with E-state index in [2.05, 4.69) is 0 Å². The number of piperidine rings is 1. The number of carbonyl (C=O) groups excluding carboxylic acids is 1. The van der Waals surface area contributed by atoms with Crippen molar-refractivity contribution in [1.82, 2.24) is 9.58 Å². The standard InChI is InChI=1S/C29H27F3N4O4/c1-29(32)9-11-34-22(14-29)36(35-10-8-21(37)27(38)26(35)28(34)39)25-16-4-2-3-5-19(16)33-12-13-40-15-20(33)23-17(25)6-7-18(30)24(23)31/h2-8,10,20,22,25,38H,9,11-15H2,1H3/t20?,22-,25-,29?/m1/s1. The Bertz CT molecular complexity index is 1610. The molecule has 2 aromatic carbocycles. The molecule has 2 fully saturated rings. The van der Waals surface area contributed by atoms with Gasteiger partial charge in [-0.25, -0.2) is 13.2 Å². The molecule has 2 unspecified atom stereocenters. The number of benzene rings is 2. The SMILES string of the molecule is CC1(F)CCN2C(=O)c3c(O)c(=O)ccn3N([C@@H]3c4ccccc4N4CCOCC4c4c3ccc(F)c4F)[C@@H]2C1. The van der Waals surface area contributed by atoms with Gasteiger partial charge in [-0.15, -0.1) is 0 Å². The molecular weight excluding hydrogens is 525 g/mol. The monoisotopic (exact) mass is 552 g/mol. The Labute approximate surface area is 227 Å².